The molecule has 0 atom stereocenters. The van der Waals surface area contributed by atoms with Gasteiger partial charge in [-0.2, -0.15) is 0 Å². The van der Waals surface area contributed by atoms with E-state index < -0.39 is 10.7 Å². The van der Waals surface area contributed by atoms with Crippen LogP contribution in [-0.4, -0.2) is 4.92 Å². The Morgan fingerprint density at radius 1 is 1.35 bits per heavy atom. The van der Waals surface area contributed by atoms with Crippen LogP contribution in [0.15, 0.2) is 40.9 Å². The molecule has 0 unspecified atom stereocenters. The number of hydrogen-bond donors (Lipinski definition) is 1. The van der Waals surface area contributed by atoms with E-state index in [1.54, 1.807) is 18.2 Å². The van der Waals surface area contributed by atoms with Crippen molar-refractivity contribution >= 4 is 38.9 Å². The van der Waals surface area contributed by atoms with Crippen LogP contribution in [0.5, 0.6) is 0 Å². The maximum absolute atomic E-state index is 13.5. The van der Waals surface area contributed by atoms with Crippen LogP contribution in [0.2, 0.25) is 5.02 Å². The normalized spacial score (nSPS) is 10.3. The van der Waals surface area contributed by atoms with Gasteiger partial charge < -0.3 is 5.32 Å². The first-order valence-electron chi connectivity index (χ1n) is 5.59. The van der Waals surface area contributed by atoms with Gasteiger partial charge in [-0.05, 0) is 33.6 Å². The molecule has 4 nitrogen and oxygen atoms in total. The summed E-state index contributed by atoms with van der Waals surface area (Å²) in [5, 5.41) is 14.4. The molecular formula is C13H9BrClFN2O2. The van der Waals surface area contributed by atoms with Gasteiger partial charge in [0.25, 0.3) is 5.69 Å². The Bertz CT molecular complexity index is 667. The van der Waals surface area contributed by atoms with Crippen molar-refractivity contribution in [2.45, 2.75) is 6.54 Å². The molecule has 2 aromatic rings. The minimum atomic E-state index is -0.566. The van der Waals surface area contributed by atoms with Crippen molar-refractivity contribution in [1.29, 1.82) is 0 Å². The molecule has 0 aliphatic carbocycles. The van der Waals surface area contributed by atoms with Gasteiger partial charge in [-0.25, -0.2) is 4.39 Å². The lowest BCUT2D eigenvalue weighted by Gasteiger charge is -2.08. The van der Waals surface area contributed by atoms with Crippen LogP contribution in [-0.2, 0) is 6.54 Å². The molecule has 20 heavy (non-hydrogen) atoms. The number of rotatable bonds is 4. The summed E-state index contributed by atoms with van der Waals surface area (Å²) in [6, 6.07) is 9.28. The maximum atomic E-state index is 13.5. The molecule has 0 amide bonds. The van der Waals surface area contributed by atoms with Crippen LogP contribution < -0.4 is 5.32 Å². The van der Waals surface area contributed by atoms with Gasteiger partial charge in [-0.3, -0.25) is 10.1 Å². The van der Waals surface area contributed by atoms with E-state index in [-0.39, 0.29) is 15.8 Å². The molecule has 0 saturated carbocycles. The fraction of sp³-hybridized carbons (Fsp3) is 0.0769. The Kier molecular flexibility index (Phi) is 4.57. The molecule has 0 fully saturated rings. The quantitative estimate of drug-likeness (QED) is 0.632. The number of hydrogen-bond acceptors (Lipinski definition) is 3. The second-order valence-corrected chi connectivity index (χ2v) is 5.31. The van der Waals surface area contributed by atoms with E-state index in [1.165, 1.54) is 0 Å². The van der Waals surface area contributed by atoms with E-state index in [0.29, 0.717) is 11.6 Å². The molecule has 0 saturated heterocycles. The molecule has 0 heterocycles. The highest BCUT2D eigenvalue weighted by molar-refractivity contribution is 9.10. The van der Waals surface area contributed by atoms with Gasteiger partial charge in [0.05, 0.1) is 9.40 Å². The summed E-state index contributed by atoms with van der Waals surface area (Å²) in [5.41, 5.74) is 0.770. The van der Waals surface area contributed by atoms with Crippen LogP contribution in [0, 0.1) is 15.9 Å². The summed E-state index contributed by atoms with van der Waals surface area (Å²) < 4.78 is 13.5. The Labute approximate surface area is 127 Å². The average molecular weight is 360 g/mol. The first-order valence-corrected chi connectivity index (χ1v) is 6.76. The molecule has 7 heteroatoms. The SMILES string of the molecule is O=[N+]([O-])c1cc(Br)c(F)cc1NCc1cccc(Cl)c1. The summed E-state index contributed by atoms with van der Waals surface area (Å²) in [6.45, 7) is 0.308. The van der Waals surface area contributed by atoms with Crippen LogP contribution in [0.4, 0.5) is 15.8 Å². The highest BCUT2D eigenvalue weighted by Gasteiger charge is 2.17. The first-order chi connectivity index (χ1) is 9.47. The molecule has 0 bridgehead atoms. The summed E-state index contributed by atoms with van der Waals surface area (Å²) >= 11 is 8.78. The summed E-state index contributed by atoms with van der Waals surface area (Å²) in [5.74, 6) is -0.566. The van der Waals surface area contributed by atoms with Crippen molar-refractivity contribution in [2.24, 2.45) is 0 Å². The van der Waals surface area contributed by atoms with Crippen molar-refractivity contribution in [3.8, 4) is 0 Å². The fourth-order valence-electron chi connectivity index (χ4n) is 1.67. The largest absolute Gasteiger partial charge is 0.375 e. The lowest BCUT2D eigenvalue weighted by atomic mass is 10.2. The molecular weight excluding hydrogens is 351 g/mol. The molecule has 0 aliphatic heterocycles. The van der Waals surface area contributed by atoms with Gasteiger partial charge in [0, 0.05) is 23.7 Å². The molecule has 104 valence electrons. The van der Waals surface area contributed by atoms with Gasteiger partial charge in [0.1, 0.15) is 11.5 Å². The molecule has 2 rings (SSSR count). The van der Waals surface area contributed by atoms with Crippen LogP contribution in [0.1, 0.15) is 5.56 Å². The highest BCUT2D eigenvalue weighted by Crippen LogP contribution is 2.31. The first kappa shape index (κ1) is 14.7. The number of nitrogens with zero attached hydrogens (tertiary/aromatic N) is 1. The number of nitrogens with one attached hydrogen (secondary N) is 1. The number of anilines is 1. The zero-order valence-electron chi connectivity index (χ0n) is 10.1. The monoisotopic (exact) mass is 358 g/mol. The van der Waals surface area contributed by atoms with E-state index in [4.69, 9.17) is 11.6 Å². The van der Waals surface area contributed by atoms with Gasteiger partial charge in [0.15, 0.2) is 0 Å². The van der Waals surface area contributed by atoms with Crippen molar-refractivity contribution in [3.63, 3.8) is 0 Å². The molecule has 0 aliphatic rings. The van der Waals surface area contributed by atoms with Crippen LogP contribution in [0.25, 0.3) is 0 Å². The van der Waals surface area contributed by atoms with Gasteiger partial charge in [-0.1, -0.05) is 23.7 Å². The highest BCUT2D eigenvalue weighted by atomic mass is 79.9. The zero-order chi connectivity index (χ0) is 14.7. The minimum Gasteiger partial charge on any atom is -0.375 e. The summed E-state index contributed by atoms with van der Waals surface area (Å²) in [6.07, 6.45) is 0. The Morgan fingerprint density at radius 2 is 2.10 bits per heavy atom. The number of benzene rings is 2. The van der Waals surface area contributed by atoms with Gasteiger partial charge >= 0.3 is 0 Å². The van der Waals surface area contributed by atoms with E-state index in [1.807, 2.05) is 6.07 Å². The van der Waals surface area contributed by atoms with E-state index in [2.05, 4.69) is 21.2 Å². The Hall–Kier alpha value is -1.66. The third-order valence-electron chi connectivity index (χ3n) is 2.61. The molecule has 0 aromatic heterocycles. The van der Waals surface area contributed by atoms with E-state index >= 15 is 0 Å². The molecule has 2 aromatic carbocycles. The zero-order valence-corrected chi connectivity index (χ0v) is 12.4. The number of nitro groups is 1. The minimum absolute atomic E-state index is 0.0532. The van der Waals surface area contributed by atoms with Crippen LogP contribution in [0.3, 0.4) is 0 Å². The van der Waals surface area contributed by atoms with Gasteiger partial charge in [-0.15, -0.1) is 0 Å². The molecule has 1 N–H and O–H groups in total. The topological polar surface area (TPSA) is 55.2 Å². The van der Waals surface area contributed by atoms with Gasteiger partial charge in [0.2, 0.25) is 0 Å². The average Bonchev–Trinajstić information content (AvgIpc) is 2.39. The lowest BCUT2D eigenvalue weighted by Crippen LogP contribution is -2.03. The van der Waals surface area contributed by atoms with Crippen molar-refractivity contribution in [2.75, 3.05) is 5.32 Å². The van der Waals surface area contributed by atoms with E-state index in [9.17, 15) is 14.5 Å². The standard InChI is InChI=1S/C13H9BrClFN2O2/c14-10-5-13(18(19)20)12(6-11(10)16)17-7-8-2-1-3-9(15)4-8/h1-6,17H,7H2. The van der Waals surface area contributed by atoms with Crippen molar-refractivity contribution in [3.05, 3.63) is 67.4 Å². The predicted octanol–water partition coefficient (Wildman–Crippen LogP) is 4.76. The summed E-state index contributed by atoms with van der Waals surface area (Å²) in [7, 11) is 0. The second kappa shape index (κ2) is 6.19. The van der Waals surface area contributed by atoms with Crippen molar-refractivity contribution < 1.29 is 9.31 Å². The third-order valence-corrected chi connectivity index (χ3v) is 3.45. The molecule has 0 spiro atoms. The maximum Gasteiger partial charge on any atom is 0.293 e. The third kappa shape index (κ3) is 3.46. The lowest BCUT2D eigenvalue weighted by molar-refractivity contribution is -0.384. The number of halogens is 3. The Balaban J connectivity index is 2.24. The fourth-order valence-corrected chi connectivity index (χ4v) is 2.22. The Morgan fingerprint density at radius 3 is 2.75 bits per heavy atom. The number of nitro benzene ring substituents is 1. The van der Waals surface area contributed by atoms with E-state index in [0.717, 1.165) is 17.7 Å². The van der Waals surface area contributed by atoms with Crippen LogP contribution >= 0.6 is 27.5 Å². The second-order valence-electron chi connectivity index (χ2n) is 4.02. The predicted molar refractivity (Wildman–Crippen MR) is 79.5 cm³/mol. The van der Waals surface area contributed by atoms with Crippen molar-refractivity contribution in [1.82, 2.24) is 0 Å². The smallest absolute Gasteiger partial charge is 0.293 e. The molecule has 0 radical (unpaired) electrons. The summed E-state index contributed by atoms with van der Waals surface area (Å²) in [4.78, 5) is 10.4.